The number of ether oxygens (including phenoxy) is 1. The summed E-state index contributed by atoms with van der Waals surface area (Å²) in [5, 5.41) is 9.25. The van der Waals surface area contributed by atoms with Crippen molar-refractivity contribution in [3.05, 3.63) is 29.8 Å². The molecule has 0 unspecified atom stereocenters. The Bertz CT molecular complexity index is 378. The minimum absolute atomic E-state index is 0.0897. The predicted molar refractivity (Wildman–Crippen MR) is 54.2 cm³/mol. The summed E-state index contributed by atoms with van der Waals surface area (Å²) in [7, 11) is 0. The molecule has 0 amide bonds. The lowest BCUT2D eigenvalue weighted by atomic mass is 9.70. The molecule has 0 aliphatic heterocycles. The Morgan fingerprint density at radius 1 is 1.38 bits per heavy atom. The highest BCUT2D eigenvalue weighted by Gasteiger charge is 2.43. The molecule has 3 N–H and O–H groups in total. The maximum Gasteiger partial charge on any atom is 0.387 e. The van der Waals surface area contributed by atoms with Crippen molar-refractivity contribution in [3.63, 3.8) is 0 Å². The van der Waals surface area contributed by atoms with Crippen molar-refractivity contribution >= 4 is 0 Å². The summed E-state index contributed by atoms with van der Waals surface area (Å²) in [5.41, 5.74) is 5.79. The van der Waals surface area contributed by atoms with E-state index in [0.29, 0.717) is 18.4 Å². The van der Waals surface area contributed by atoms with Crippen LogP contribution in [0, 0.1) is 0 Å². The molecular weight excluding hydrogens is 216 g/mol. The fraction of sp³-hybridized carbons (Fsp3) is 0.455. The largest absolute Gasteiger partial charge is 0.434 e. The lowest BCUT2D eigenvalue weighted by Gasteiger charge is -2.43. The molecule has 0 aromatic heterocycles. The third kappa shape index (κ3) is 2.01. The zero-order chi connectivity index (χ0) is 11.8. The number of alkyl halides is 2. The Hall–Kier alpha value is -1.20. The van der Waals surface area contributed by atoms with Gasteiger partial charge in [-0.05, 0) is 18.9 Å². The van der Waals surface area contributed by atoms with Gasteiger partial charge in [0, 0.05) is 11.1 Å². The number of para-hydroxylation sites is 1. The number of hydrogen-bond donors (Lipinski definition) is 2. The van der Waals surface area contributed by atoms with Gasteiger partial charge < -0.3 is 15.6 Å². The van der Waals surface area contributed by atoms with Crippen LogP contribution >= 0.6 is 0 Å². The van der Waals surface area contributed by atoms with Crippen molar-refractivity contribution in [3.8, 4) is 5.75 Å². The molecule has 2 rings (SSSR count). The van der Waals surface area contributed by atoms with Gasteiger partial charge in [-0.1, -0.05) is 18.2 Å². The number of benzene rings is 1. The SMILES string of the molecule is NC1(c2ccccc2OC(F)F)CC(O)C1. The molecule has 0 saturated heterocycles. The molecule has 16 heavy (non-hydrogen) atoms. The van der Waals surface area contributed by atoms with E-state index in [1.165, 1.54) is 6.07 Å². The fourth-order valence-electron chi connectivity index (χ4n) is 2.08. The van der Waals surface area contributed by atoms with Crippen LogP contribution in [0.5, 0.6) is 5.75 Å². The maximum atomic E-state index is 12.2. The number of aliphatic hydroxyl groups excluding tert-OH is 1. The van der Waals surface area contributed by atoms with Gasteiger partial charge in [-0.2, -0.15) is 8.78 Å². The smallest absolute Gasteiger partial charge is 0.387 e. The quantitative estimate of drug-likeness (QED) is 0.827. The molecule has 1 aliphatic carbocycles. The number of nitrogens with two attached hydrogens (primary N) is 1. The summed E-state index contributed by atoms with van der Waals surface area (Å²) in [5.74, 6) is 0.0897. The third-order valence-electron chi connectivity index (χ3n) is 2.84. The van der Waals surface area contributed by atoms with E-state index in [0.717, 1.165) is 0 Å². The van der Waals surface area contributed by atoms with E-state index in [1.54, 1.807) is 18.2 Å². The lowest BCUT2D eigenvalue weighted by molar-refractivity contribution is -0.0531. The van der Waals surface area contributed by atoms with Gasteiger partial charge in [0.05, 0.1) is 6.10 Å². The molecule has 1 aliphatic rings. The summed E-state index contributed by atoms with van der Waals surface area (Å²) >= 11 is 0. The van der Waals surface area contributed by atoms with Gasteiger partial charge in [-0.25, -0.2) is 0 Å². The first-order valence-corrected chi connectivity index (χ1v) is 5.02. The first kappa shape index (κ1) is 11.3. The molecule has 0 spiro atoms. The van der Waals surface area contributed by atoms with Crippen LogP contribution < -0.4 is 10.5 Å². The average molecular weight is 229 g/mol. The summed E-state index contributed by atoms with van der Waals surface area (Å²) in [6.45, 7) is -2.87. The molecular formula is C11H13F2NO2. The van der Waals surface area contributed by atoms with Crippen LogP contribution in [0.1, 0.15) is 18.4 Å². The molecule has 1 aromatic rings. The summed E-state index contributed by atoms with van der Waals surface area (Å²) in [6.07, 6.45) is 0.289. The molecule has 1 saturated carbocycles. The molecule has 0 radical (unpaired) electrons. The molecule has 88 valence electrons. The van der Waals surface area contributed by atoms with Crippen molar-refractivity contribution < 1.29 is 18.6 Å². The first-order chi connectivity index (χ1) is 7.51. The first-order valence-electron chi connectivity index (χ1n) is 5.02. The van der Waals surface area contributed by atoms with Crippen molar-refractivity contribution in [1.29, 1.82) is 0 Å². The number of halogens is 2. The van der Waals surface area contributed by atoms with Crippen molar-refractivity contribution in [2.75, 3.05) is 0 Å². The van der Waals surface area contributed by atoms with Crippen LogP contribution in [0.25, 0.3) is 0 Å². The van der Waals surface area contributed by atoms with Crippen molar-refractivity contribution in [1.82, 2.24) is 0 Å². The second kappa shape index (κ2) is 3.99. The number of aliphatic hydroxyl groups is 1. The van der Waals surface area contributed by atoms with E-state index in [2.05, 4.69) is 4.74 Å². The zero-order valence-corrected chi connectivity index (χ0v) is 8.57. The van der Waals surface area contributed by atoms with E-state index in [1.807, 2.05) is 0 Å². The Morgan fingerprint density at radius 2 is 2.00 bits per heavy atom. The Balaban J connectivity index is 2.26. The highest BCUT2D eigenvalue weighted by molar-refractivity contribution is 5.40. The molecule has 5 heteroatoms. The van der Waals surface area contributed by atoms with Gasteiger partial charge in [0.1, 0.15) is 5.75 Å². The van der Waals surface area contributed by atoms with E-state index >= 15 is 0 Å². The second-order valence-corrected chi connectivity index (χ2v) is 4.09. The molecule has 3 nitrogen and oxygen atoms in total. The molecule has 1 fully saturated rings. The van der Waals surface area contributed by atoms with E-state index in [-0.39, 0.29) is 5.75 Å². The standard InChI is InChI=1S/C11H13F2NO2/c12-10(13)16-9-4-2-1-3-8(9)11(14)5-7(15)6-11/h1-4,7,10,15H,5-6,14H2. The van der Waals surface area contributed by atoms with Crippen molar-refractivity contribution in [2.45, 2.75) is 31.1 Å². The highest BCUT2D eigenvalue weighted by Crippen LogP contribution is 2.43. The Morgan fingerprint density at radius 3 is 2.56 bits per heavy atom. The molecule has 0 atom stereocenters. The van der Waals surface area contributed by atoms with Crippen LogP contribution in [-0.2, 0) is 5.54 Å². The van der Waals surface area contributed by atoms with E-state index in [4.69, 9.17) is 5.73 Å². The molecule has 0 bridgehead atoms. The summed E-state index contributed by atoms with van der Waals surface area (Å²) in [6, 6.07) is 6.44. The van der Waals surface area contributed by atoms with E-state index in [9.17, 15) is 13.9 Å². The van der Waals surface area contributed by atoms with Gasteiger partial charge >= 0.3 is 6.61 Å². The van der Waals surface area contributed by atoms with Crippen LogP contribution in [0.3, 0.4) is 0 Å². The van der Waals surface area contributed by atoms with Gasteiger partial charge in [-0.3, -0.25) is 0 Å². The third-order valence-corrected chi connectivity index (χ3v) is 2.84. The monoisotopic (exact) mass is 229 g/mol. The number of hydrogen-bond acceptors (Lipinski definition) is 3. The highest BCUT2D eigenvalue weighted by atomic mass is 19.3. The van der Waals surface area contributed by atoms with Gasteiger partial charge in [0.25, 0.3) is 0 Å². The predicted octanol–water partition coefficient (Wildman–Crippen LogP) is 1.60. The molecule has 1 aromatic carbocycles. The average Bonchev–Trinajstić information content (AvgIpc) is 2.15. The second-order valence-electron chi connectivity index (χ2n) is 4.09. The lowest BCUT2D eigenvalue weighted by Crippen LogP contribution is -2.51. The fourth-order valence-corrected chi connectivity index (χ4v) is 2.08. The maximum absolute atomic E-state index is 12.2. The minimum Gasteiger partial charge on any atom is -0.434 e. The van der Waals surface area contributed by atoms with Gasteiger partial charge in [0.2, 0.25) is 0 Å². The van der Waals surface area contributed by atoms with Crippen LogP contribution in [-0.4, -0.2) is 17.8 Å². The summed E-state index contributed by atoms with van der Waals surface area (Å²) < 4.78 is 28.8. The van der Waals surface area contributed by atoms with Crippen LogP contribution in [0.2, 0.25) is 0 Å². The van der Waals surface area contributed by atoms with Crippen LogP contribution in [0.4, 0.5) is 8.78 Å². The summed E-state index contributed by atoms with van der Waals surface area (Å²) in [4.78, 5) is 0. The Labute approximate surface area is 91.8 Å². The van der Waals surface area contributed by atoms with Crippen LogP contribution in [0.15, 0.2) is 24.3 Å². The van der Waals surface area contributed by atoms with E-state index < -0.39 is 18.3 Å². The zero-order valence-electron chi connectivity index (χ0n) is 8.57. The van der Waals surface area contributed by atoms with Gasteiger partial charge in [0.15, 0.2) is 0 Å². The van der Waals surface area contributed by atoms with Crippen molar-refractivity contribution in [2.24, 2.45) is 5.73 Å². The Kier molecular flexibility index (Phi) is 2.82. The van der Waals surface area contributed by atoms with Gasteiger partial charge in [-0.15, -0.1) is 0 Å². The minimum atomic E-state index is -2.87. The molecule has 0 heterocycles. The number of rotatable bonds is 3. The normalized spacial score (nSPS) is 28.9. The topological polar surface area (TPSA) is 55.5 Å².